The van der Waals surface area contributed by atoms with Gasteiger partial charge in [0.2, 0.25) is 5.91 Å². The van der Waals surface area contributed by atoms with E-state index in [1.54, 1.807) is 0 Å². The van der Waals surface area contributed by atoms with Crippen molar-refractivity contribution in [2.45, 2.75) is 12.8 Å². The summed E-state index contributed by atoms with van der Waals surface area (Å²) in [6.45, 7) is 5.94. The van der Waals surface area contributed by atoms with E-state index in [0.717, 1.165) is 68.3 Å². The molecule has 0 saturated carbocycles. The van der Waals surface area contributed by atoms with E-state index in [1.165, 1.54) is 0 Å². The second-order valence-electron chi connectivity index (χ2n) is 7.28. The molecule has 0 aliphatic carbocycles. The minimum atomic E-state index is 0.0744. The molecule has 1 saturated heterocycles. The highest BCUT2D eigenvalue weighted by Gasteiger charge is 2.20. The molecule has 28 heavy (non-hydrogen) atoms. The van der Waals surface area contributed by atoms with Crippen molar-refractivity contribution < 1.29 is 4.79 Å². The van der Waals surface area contributed by atoms with E-state index in [1.807, 2.05) is 30.3 Å². The van der Waals surface area contributed by atoms with Gasteiger partial charge in [0.05, 0.1) is 22.2 Å². The van der Waals surface area contributed by atoms with Gasteiger partial charge in [-0.3, -0.25) is 9.69 Å². The van der Waals surface area contributed by atoms with Gasteiger partial charge in [0.25, 0.3) is 0 Å². The molecule has 2 aliphatic heterocycles. The molecule has 2 aromatic rings. The van der Waals surface area contributed by atoms with Crippen molar-refractivity contribution in [1.82, 2.24) is 4.90 Å². The van der Waals surface area contributed by atoms with Gasteiger partial charge in [0.1, 0.15) is 0 Å². The van der Waals surface area contributed by atoms with E-state index in [4.69, 9.17) is 23.2 Å². The maximum Gasteiger partial charge on any atom is 0.228 e. The lowest BCUT2D eigenvalue weighted by molar-refractivity contribution is -0.115. The predicted octanol–water partition coefficient (Wildman–Crippen LogP) is 4.11. The Morgan fingerprint density at radius 2 is 1.89 bits per heavy atom. The van der Waals surface area contributed by atoms with Gasteiger partial charge in [-0.1, -0.05) is 29.3 Å². The lowest BCUT2D eigenvalue weighted by Gasteiger charge is -2.36. The Morgan fingerprint density at radius 3 is 2.71 bits per heavy atom. The number of hydrogen-bond acceptors (Lipinski definition) is 4. The molecule has 1 amide bonds. The Balaban J connectivity index is 1.20. The maximum atomic E-state index is 11.4. The number of carbonyl (C=O) groups is 1. The molecule has 1 fully saturated rings. The second kappa shape index (κ2) is 8.60. The van der Waals surface area contributed by atoms with Crippen LogP contribution in [0.5, 0.6) is 0 Å². The normalized spacial score (nSPS) is 16.8. The number of benzene rings is 2. The minimum Gasteiger partial charge on any atom is -0.385 e. The third kappa shape index (κ3) is 4.37. The average Bonchev–Trinajstić information content (AvgIpc) is 3.07. The molecule has 148 valence electrons. The third-order valence-electron chi connectivity index (χ3n) is 5.35. The molecule has 0 radical (unpaired) electrons. The van der Waals surface area contributed by atoms with Crippen LogP contribution in [0.1, 0.15) is 12.0 Å². The highest BCUT2D eigenvalue weighted by atomic mass is 35.5. The van der Waals surface area contributed by atoms with Crippen LogP contribution in [0.2, 0.25) is 10.0 Å². The molecule has 2 aliphatic rings. The van der Waals surface area contributed by atoms with Crippen LogP contribution in [0.3, 0.4) is 0 Å². The number of rotatable bonds is 6. The molecule has 4 rings (SSSR count). The smallest absolute Gasteiger partial charge is 0.228 e. The van der Waals surface area contributed by atoms with Crippen molar-refractivity contribution in [3.8, 4) is 0 Å². The number of hydrogen-bond donors (Lipinski definition) is 2. The van der Waals surface area contributed by atoms with Gasteiger partial charge in [-0.2, -0.15) is 0 Å². The van der Waals surface area contributed by atoms with Gasteiger partial charge < -0.3 is 15.5 Å². The molecule has 0 unspecified atom stereocenters. The summed E-state index contributed by atoms with van der Waals surface area (Å²) in [5, 5.41) is 7.59. The van der Waals surface area contributed by atoms with Gasteiger partial charge in [-0.05, 0) is 48.9 Å². The van der Waals surface area contributed by atoms with Crippen molar-refractivity contribution in [2.24, 2.45) is 0 Å². The summed E-state index contributed by atoms with van der Waals surface area (Å²) in [6.07, 6.45) is 1.55. The standard InChI is InChI=1S/C21H24Cl2N4O/c22-17-3-1-4-19(21(17)23)27-11-9-26(10-12-27)8-2-7-24-16-5-6-18-15(13-16)14-20(28)25-18/h1,3-6,13,24H,2,7-12,14H2,(H,25,28). The Labute approximate surface area is 175 Å². The number of halogens is 2. The molecule has 2 heterocycles. The molecule has 0 aromatic heterocycles. The summed E-state index contributed by atoms with van der Waals surface area (Å²) in [6, 6.07) is 11.9. The van der Waals surface area contributed by atoms with Crippen molar-refractivity contribution >= 4 is 46.2 Å². The van der Waals surface area contributed by atoms with Crippen LogP contribution in [0.15, 0.2) is 36.4 Å². The fraction of sp³-hybridized carbons (Fsp3) is 0.381. The summed E-state index contributed by atoms with van der Waals surface area (Å²) in [7, 11) is 0. The molecular formula is C21H24Cl2N4O. The second-order valence-corrected chi connectivity index (χ2v) is 8.06. The lowest BCUT2D eigenvalue weighted by Crippen LogP contribution is -2.47. The zero-order valence-corrected chi connectivity index (χ0v) is 17.2. The summed E-state index contributed by atoms with van der Waals surface area (Å²) >= 11 is 12.5. The van der Waals surface area contributed by atoms with Crippen LogP contribution in [-0.4, -0.2) is 50.1 Å². The number of fused-ring (bicyclic) bond motifs is 1. The van der Waals surface area contributed by atoms with E-state index in [-0.39, 0.29) is 5.91 Å². The molecule has 2 N–H and O–H groups in total. The number of nitrogens with one attached hydrogen (secondary N) is 2. The maximum absolute atomic E-state index is 11.4. The van der Waals surface area contributed by atoms with Crippen molar-refractivity contribution in [2.75, 3.05) is 54.8 Å². The van der Waals surface area contributed by atoms with Gasteiger partial charge in [-0.15, -0.1) is 0 Å². The van der Waals surface area contributed by atoms with Crippen molar-refractivity contribution in [3.05, 3.63) is 52.0 Å². The first-order valence-corrected chi connectivity index (χ1v) is 10.4. The lowest BCUT2D eigenvalue weighted by atomic mass is 10.1. The molecule has 0 spiro atoms. The average molecular weight is 419 g/mol. The van der Waals surface area contributed by atoms with Crippen LogP contribution in [-0.2, 0) is 11.2 Å². The number of nitrogens with zero attached hydrogens (tertiary/aromatic N) is 2. The number of piperazine rings is 1. The SMILES string of the molecule is O=C1Cc2cc(NCCCN3CCN(c4cccc(Cl)c4Cl)CC3)ccc2N1. The highest BCUT2D eigenvalue weighted by Crippen LogP contribution is 2.33. The zero-order chi connectivity index (χ0) is 19.5. The van der Waals surface area contributed by atoms with Crippen molar-refractivity contribution in [1.29, 1.82) is 0 Å². The largest absolute Gasteiger partial charge is 0.385 e. The first kappa shape index (κ1) is 19.4. The van der Waals surface area contributed by atoms with Crippen molar-refractivity contribution in [3.63, 3.8) is 0 Å². The Hall–Kier alpha value is -1.95. The van der Waals surface area contributed by atoms with Gasteiger partial charge in [0, 0.05) is 44.1 Å². The summed E-state index contributed by atoms with van der Waals surface area (Å²) in [5.41, 5.74) is 4.12. The summed E-state index contributed by atoms with van der Waals surface area (Å²) < 4.78 is 0. The highest BCUT2D eigenvalue weighted by molar-refractivity contribution is 6.43. The predicted molar refractivity (Wildman–Crippen MR) is 117 cm³/mol. The van der Waals surface area contributed by atoms with Crippen LogP contribution < -0.4 is 15.5 Å². The number of amides is 1. The number of anilines is 3. The zero-order valence-electron chi connectivity index (χ0n) is 15.7. The van der Waals surface area contributed by atoms with Crippen LogP contribution in [0.25, 0.3) is 0 Å². The monoisotopic (exact) mass is 418 g/mol. The van der Waals surface area contributed by atoms with Crippen LogP contribution in [0, 0.1) is 0 Å². The Kier molecular flexibility index (Phi) is 5.95. The van der Waals surface area contributed by atoms with Gasteiger partial charge >= 0.3 is 0 Å². The minimum absolute atomic E-state index is 0.0744. The summed E-state index contributed by atoms with van der Waals surface area (Å²) in [5.74, 6) is 0.0744. The first-order chi connectivity index (χ1) is 13.6. The molecule has 0 bridgehead atoms. The Morgan fingerprint density at radius 1 is 1.07 bits per heavy atom. The topological polar surface area (TPSA) is 47.6 Å². The fourth-order valence-electron chi connectivity index (χ4n) is 3.82. The van der Waals surface area contributed by atoms with E-state index in [0.29, 0.717) is 16.5 Å². The van der Waals surface area contributed by atoms with E-state index >= 15 is 0 Å². The van der Waals surface area contributed by atoms with E-state index in [9.17, 15) is 4.79 Å². The van der Waals surface area contributed by atoms with Crippen LogP contribution in [0.4, 0.5) is 17.1 Å². The first-order valence-electron chi connectivity index (χ1n) is 9.68. The molecular weight excluding hydrogens is 395 g/mol. The third-order valence-corrected chi connectivity index (χ3v) is 6.16. The number of carbonyl (C=O) groups excluding carboxylic acids is 1. The van der Waals surface area contributed by atoms with Gasteiger partial charge in [-0.25, -0.2) is 0 Å². The molecule has 7 heteroatoms. The fourth-order valence-corrected chi connectivity index (χ4v) is 4.24. The Bertz CT molecular complexity index is 865. The summed E-state index contributed by atoms with van der Waals surface area (Å²) in [4.78, 5) is 16.2. The van der Waals surface area contributed by atoms with Gasteiger partial charge in [0.15, 0.2) is 0 Å². The van der Waals surface area contributed by atoms with Crippen LogP contribution >= 0.6 is 23.2 Å². The molecule has 5 nitrogen and oxygen atoms in total. The molecule has 2 aromatic carbocycles. The van der Waals surface area contributed by atoms with E-state index in [2.05, 4.69) is 26.5 Å². The molecule has 0 atom stereocenters. The quantitative estimate of drug-likeness (QED) is 0.692. The van der Waals surface area contributed by atoms with E-state index < -0.39 is 0 Å².